The minimum atomic E-state index is -0.599. The molecule has 0 saturated carbocycles. The molecule has 1 aromatic heterocycles. The van der Waals surface area contributed by atoms with Crippen LogP contribution in [-0.2, 0) is 4.79 Å². The summed E-state index contributed by atoms with van der Waals surface area (Å²) in [6.07, 6.45) is 1.27. The highest BCUT2D eigenvalue weighted by Gasteiger charge is 2.22. The molecule has 0 aliphatic carbocycles. The maximum Gasteiger partial charge on any atom is 0.255 e. The topological polar surface area (TPSA) is 101 Å². The smallest absolute Gasteiger partial charge is 0.255 e. The van der Waals surface area contributed by atoms with Crippen LogP contribution < -0.4 is 11.1 Å². The van der Waals surface area contributed by atoms with Crippen LogP contribution in [0.1, 0.15) is 33.9 Å². The number of amides is 2. The normalized spacial score (nSPS) is 11.8. The fourth-order valence-electron chi connectivity index (χ4n) is 2.90. The Morgan fingerprint density at radius 1 is 1.22 bits per heavy atom. The number of halogens is 1. The van der Waals surface area contributed by atoms with Gasteiger partial charge in [0.15, 0.2) is 0 Å². The van der Waals surface area contributed by atoms with Gasteiger partial charge in [-0.25, -0.2) is 4.39 Å². The molecule has 0 aliphatic heterocycles. The molecule has 2 aromatic carbocycles. The molecule has 27 heavy (non-hydrogen) atoms. The molecule has 0 aliphatic rings. The number of hydrogen-bond acceptors (Lipinski definition) is 3. The van der Waals surface area contributed by atoms with Gasteiger partial charge in [-0.1, -0.05) is 42.0 Å². The molecule has 0 spiro atoms. The Balaban J connectivity index is 1.90. The number of nitrogens with zero attached hydrogens (tertiary/aromatic N) is 1. The van der Waals surface area contributed by atoms with E-state index in [4.69, 9.17) is 5.73 Å². The van der Waals surface area contributed by atoms with E-state index in [0.717, 1.165) is 11.1 Å². The molecular weight excluding hydrogens is 347 g/mol. The SMILES string of the molecule is Cc1cccc([C@H](CC(N)=O)NC(=O)c2cn[nH]c2-c2ccccc2F)c1. The fraction of sp³-hybridized carbons (Fsp3) is 0.150. The number of nitrogens with two attached hydrogens (primary N) is 1. The third-order valence-electron chi connectivity index (χ3n) is 4.18. The summed E-state index contributed by atoms with van der Waals surface area (Å²) >= 11 is 0. The average molecular weight is 366 g/mol. The Morgan fingerprint density at radius 3 is 2.70 bits per heavy atom. The van der Waals surface area contributed by atoms with Gasteiger partial charge in [0, 0.05) is 5.56 Å². The van der Waals surface area contributed by atoms with Crippen LogP contribution in [0.25, 0.3) is 11.3 Å². The van der Waals surface area contributed by atoms with Gasteiger partial charge in [-0.05, 0) is 24.6 Å². The van der Waals surface area contributed by atoms with E-state index in [1.807, 2.05) is 31.2 Å². The first-order chi connectivity index (χ1) is 13.0. The standard InChI is InChI=1S/C20H19FN4O2/c1-12-5-4-6-13(9-12)17(10-18(22)26)24-20(27)15-11-23-25-19(15)14-7-2-3-8-16(14)21/h2-9,11,17H,10H2,1H3,(H2,22,26)(H,23,25)(H,24,27)/t17-/m0/s1. The fourth-order valence-corrected chi connectivity index (χ4v) is 2.90. The Bertz CT molecular complexity index is 983. The third-order valence-corrected chi connectivity index (χ3v) is 4.18. The predicted molar refractivity (Wildman–Crippen MR) is 99.2 cm³/mol. The number of aromatic nitrogens is 2. The number of carbonyl (C=O) groups excluding carboxylic acids is 2. The molecule has 138 valence electrons. The van der Waals surface area contributed by atoms with Crippen molar-refractivity contribution in [2.45, 2.75) is 19.4 Å². The molecule has 7 heteroatoms. The first kappa shape index (κ1) is 18.3. The number of H-pyrrole nitrogens is 1. The first-order valence-corrected chi connectivity index (χ1v) is 8.39. The zero-order valence-corrected chi connectivity index (χ0v) is 14.7. The molecule has 6 nitrogen and oxygen atoms in total. The van der Waals surface area contributed by atoms with Gasteiger partial charge in [-0.2, -0.15) is 5.10 Å². The largest absolute Gasteiger partial charge is 0.370 e. The summed E-state index contributed by atoms with van der Waals surface area (Å²) in [6.45, 7) is 1.92. The molecule has 0 unspecified atom stereocenters. The lowest BCUT2D eigenvalue weighted by atomic mass is 10.0. The van der Waals surface area contributed by atoms with Gasteiger partial charge in [0.1, 0.15) is 5.82 Å². The Morgan fingerprint density at radius 2 is 2.00 bits per heavy atom. The van der Waals surface area contributed by atoms with E-state index in [0.29, 0.717) is 0 Å². The second kappa shape index (κ2) is 7.82. The number of hydrogen-bond donors (Lipinski definition) is 3. The van der Waals surface area contributed by atoms with Crippen molar-refractivity contribution >= 4 is 11.8 Å². The highest BCUT2D eigenvalue weighted by atomic mass is 19.1. The zero-order chi connectivity index (χ0) is 19.4. The summed E-state index contributed by atoms with van der Waals surface area (Å²) in [5.41, 5.74) is 7.79. The van der Waals surface area contributed by atoms with Crippen molar-refractivity contribution in [2.75, 3.05) is 0 Å². The summed E-state index contributed by atoms with van der Waals surface area (Å²) < 4.78 is 14.1. The van der Waals surface area contributed by atoms with E-state index < -0.39 is 23.7 Å². The van der Waals surface area contributed by atoms with Crippen LogP contribution in [-0.4, -0.2) is 22.0 Å². The van der Waals surface area contributed by atoms with E-state index in [2.05, 4.69) is 15.5 Å². The molecule has 0 bridgehead atoms. The second-order valence-corrected chi connectivity index (χ2v) is 6.25. The Hall–Kier alpha value is -3.48. The zero-order valence-electron chi connectivity index (χ0n) is 14.7. The monoisotopic (exact) mass is 366 g/mol. The van der Waals surface area contributed by atoms with Gasteiger partial charge in [0.25, 0.3) is 5.91 Å². The molecule has 0 radical (unpaired) electrons. The summed E-state index contributed by atoms with van der Waals surface area (Å²) in [7, 11) is 0. The lowest BCUT2D eigenvalue weighted by Gasteiger charge is -2.18. The van der Waals surface area contributed by atoms with E-state index in [1.165, 1.54) is 12.3 Å². The predicted octanol–water partition coefficient (Wildman–Crippen LogP) is 2.87. The number of primary amides is 1. The van der Waals surface area contributed by atoms with E-state index in [1.54, 1.807) is 18.2 Å². The molecule has 1 heterocycles. The molecular formula is C20H19FN4O2. The summed E-state index contributed by atoms with van der Waals surface area (Å²) in [4.78, 5) is 24.3. The second-order valence-electron chi connectivity index (χ2n) is 6.25. The van der Waals surface area contributed by atoms with Crippen LogP contribution in [0.15, 0.2) is 54.7 Å². The van der Waals surface area contributed by atoms with Crippen LogP contribution in [0.3, 0.4) is 0 Å². The number of nitrogens with one attached hydrogen (secondary N) is 2. The van der Waals surface area contributed by atoms with Gasteiger partial charge in [-0.15, -0.1) is 0 Å². The highest BCUT2D eigenvalue weighted by molar-refractivity contribution is 6.00. The van der Waals surface area contributed by atoms with Crippen molar-refractivity contribution in [1.82, 2.24) is 15.5 Å². The van der Waals surface area contributed by atoms with Crippen LogP contribution in [0.2, 0.25) is 0 Å². The van der Waals surface area contributed by atoms with Crippen LogP contribution in [0, 0.1) is 12.7 Å². The molecule has 1 atom stereocenters. The van der Waals surface area contributed by atoms with Crippen molar-refractivity contribution in [3.05, 3.63) is 77.2 Å². The van der Waals surface area contributed by atoms with Gasteiger partial charge in [0.2, 0.25) is 5.91 Å². The quantitative estimate of drug-likeness (QED) is 0.625. The van der Waals surface area contributed by atoms with E-state index in [9.17, 15) is 14.0 Å². The number of benzene rings is 2. The van der Waals surface area contributed by atoms with E-state index in [-0.39, 0.29) is 23.2 Å². The Labute approximate surface area is 155 Å². The molecule has 3 aromatic rings. The molecule has 0 saturated heterocycles. The molecule has 3 rings (SSSR count). The van der Waals surface area contributed by atoms with Gasteiger partial charge in [-0.3, -0.25) is 14.7 Å². The lowest BCUT2D eigenvalue weighted by molar-refractivity contribution is -0.118. The van der Waals surface area contributed by atoms with Crippen LogP contribution in [0.4, 0.5) is 4.39 Å². The third kappa shape index (κ3) is 4.20. The van der Waals surface area contributed by atoms with Crippen molar-refractivity contribution in [3.8, 4) is 11.3 Å². The van der Waals surface area contributed by atoms with Crippen LogP contribution >= 0.6 is 0 Å². The summed E-state index contributed by atoms with van der Waals surface area (Å²) in [5.74, 6) is -1.48. The molecule has 4 N–H and O–H groups in total. The van der Waals surface area contributed by atoms with Crippen molar-refractivity contribution in [2.24, 2.45) is 5.73 Å². The number of aromatic amines is 1. The van der Waals surface area contributed by atoms with Crippen molar-refractivity contribution in [3.63, 3.8) is 0 Å². The number of aryl methyl sites for hydroxylation is 1. The first-order valence-electron chi connectivity index (χ1n) is 8.39. The van der Waals surface area contributed by atoms with Crippen molar-refractivity contribution in [1.29, 1.82) is 0 Å². The highest BCUT2D eigenvalue weighted by Crippen LogP contribution is 2.25. The number of rotatable bonds is 6. The van der Waals surface area contributed by atoms with Crippen LogP contribution in [0.5, 0.6) is 0 Å². The lowest BCUT2D eigenvalue weighted by Crippen LogP contribution is -2.32. The summed E-state index contributed by atoms with van der Waals surface area (Å²) in [6, 6.07) is 12.9. The van der Waals surface area contributed by atoms with Gasteiger partial charge >= 0.3 is 0 Å². The summed E-state index contributed by atoms with van der Waals surface area (Å²) in [5, 5.41) is 9.34. The van der Waals surface area contributed by atoms with Gasteiger partial charge < -0.3 is 11.1 Å². The molecule has 0 fully saturated rings. The minimum Gasteiger partial charge on any atom is -0.370 e. The van der Waals surface area contributed by atoms with Crippen molar-refractivity contribution < 1.29 is 14.0 Å². The molecule has 2 amide bonds. The maximum absolute atomic E-state index is 14.1. The van der Waals surface area contributed by atoms with Gasteiger partial charge in [0.05, 0.1) is 29.9 Å². The maximum atomic E-state index is 14.1. The number of carbonyl (C=O) groups is 2. The Kier molecular flexibility index (Phi) is 5.30. The van der Waals surface area contributed by atoms with E-state index >= 15 is 0 Å². The average Bonchev–Trinajstić information content (AvgIpc) is 3.11. The minimum absolute atomic E-state index is 0.0535.